The Bertz CT molecular complexity index is 679. The van der Waals surface area contributed by atoms with Crippen molar-refractivity contribution in [2.24, 2.45) is 11.8 Å². The molecule has 1 saturated heterocycles. The highest BCUT2D eigenvalue weighted by atomic mass is 16.3. The third kappa shape index (κ3) is 2.22. The number of rotatable bonds is 2. The van der Waals surface area contributed by atoms with Gasteiger partial charge in [0, 0.05) is 24.0 Å². The van der Waals surface area contributed by atoms with Gasteiger partial charge in [0.25, 0.3) is 0 Å². The maximum absolute atomic E-state index is 9.72. The molecule has 1 aromatic carbocycles. The highest BCUT2D eigenvalue weighted by Gasteiger charge is 2.34. The van der Waals surface area contributed by atoms with Crippen LogP contribution in [0.1, 0.15) is 18.4 Å². The summed E-state index contributed by atoms with van der Waals surface area (Å²) in [6, 6.07) is 10.2. The summed E-state index contributed by atoms with van der Waals surface area (Å²) in [5, 5.41) is 10.8. The molecular weight excluding hydrogens is 260 g/mol. The van der Waals surface area contributed by atoms with Crippen molar-refractivity contribution >= 4 is 16.7 Å². The average Bonchev–Trinajstić information content (AvgIpc) is 2.97. The molecule has 1 aliphatic carbocycles. The van der Waals surface area contributed by atoms with Gasteiger partial charge >= 0.3 is 0 Å². The number of anilines is 1. The lowest BCUT2D eigenvalue weighted by atomic mass is 9.86. The number of aromatic nitrogens is 1. The van der Waals surface area contributed by atoms with Crippen LogP contribution in [0.25, 0.3) is 10.9 Å². The fraction of sp³-hybridized carbons (Fsp3) is 0.389. The van der Waals surface area contributed by atoms with Crippen LogP contribution in [0.2, 0.25) is 0 Å². The Hall–Kier alpha value is -1.87. The van der Waals surface area contributed by atoms with Gasteiger partial charge in [-0.1, -0.05) is 30.4 Å². The molecule has 0 spiro atoms. The smallest absolute Gasteiger partial charge is 0.134 e. The second kappa shape index (κ2) is 5.15. The molecular formula is C18H20N2O. The van der Waals surface area contributed by atoms with E-state index in [1.165, 1.54) is 12.8 Å². The van der Waals surface area contributed by atoms with Gasteiger partial charge in [0.05, 0.1) is 12.1 Å². The van der Waals surface area contributed by atoms with Crippen LogP contribution in [-0.4, -0.2) is 23.2 Å². The highest BCUT2D eigenvalue weighted by Crippen LogP contribution is 2.36. The molecule has 2 unspecified atom stereocenters. The number of aliphatic hydroxyl groups is 1. The van der Waals surface area contributed by atoms with E-state index >= 15 is 0 Å². The van der Waals surface area contributed by atoms with E-state index in [1.807, 2.05) is 18.2 Å². The molecule has 2 aliphatic rings. The largest absolute Gasteiger partial charge is 0.392 e. The van der Waals surface area contributed by atoms with Gasteiger partial charge in [-0.3, -0.25) is 0 Å². The van der Waals surface area contributed by atoms with Gasteiger partial charge < -0.3 is 10.0 Å². The number of para-hydroxylation sites is 1. The van der Waals surface area contributed by atoms with E-state index in [0.29, 0.717) is 0 Å². The minimum absolute atomic E-state index is 0.0528. The molecule has 2 atom stereocenters. The molecule has 21 heavy (non-hydrogen) atoms. The van der Waals surface area contributed by atoms with Crippen molar-refractivity contribution in [1.82, 2.24) is 4.98 Å². The summed E-state index contributed by atoms with van der Waals surface area (Å²) in [5.74, 6) is 2.47. The number of hydrogen-bond acceptors (Lipinski definition) is 3. The number of fused-ring (bicyclic) bond motifs is 2. The van der Waals surface area contributed by atoms with Crippen LogP contribution < -0.4 is 4.90 Å². The monoisotopic (exact) mass is 280 g/mol. The van der Waals surface area contributed by atoms with Crippen LogP contribution in [0.3, 0.4) is 0 Å². The van der Waals surface area contributed by atoms with Crippen molar-refractivity contribution in [2.45, 2.75) is 19.4 Å². The first-order chi connectivity index (χ1) is 10.3. The van der Waals surface area contributed by atoms with Crippen LogP contribution in [0.5, 0.6) is 0 Å². The number of pyridine rings is 1. The number of hydrogen-bond donors (Lipinski definition) is 1. The van der Waals surface area contributed by atoms with Gasteiger partial charge in [0.15, 0.2) is 0 Å². The molecule has 0 amide bonds. The predicted octanol–water partition coefficient (Wildman–Crippen LogP) is 3.13. The molecule has 3 nitrogen and oxygen atoms in total. The molecule has 108 valence electrons. The normalized spacial score (nSPS) is 24.5. The molecule has 4 rings (SSSR count). The maximum atomic E-state index is 9.72. The first-order valence-electron chi connectivity index (χ1n) is 7.74. The molecule has 1 fully saturated rings. The lowest BCUT2D eigenvalue weighted by Crippen LogP contribution is -2.22. The highest BCUT2D eigenvalue weighted by molar-refractivity contribution is 5.81. The van der Waals surface area contributed by atoms with Crippen molar-refractivity contribution < 1.29 is 5.11 Å². The van der Waals surface area contributed by atoms with Gasteiger partial charge in [-0.05, 0) is 36.8 Å². The summed E-state index contributed by atoms with van der Waals surface area (Å²) in [5.41, 5.74) is 1.96. The van der Waals surface area contributed by atoms with E-state index in [4.69, 9.17) is 4.98 Å². The molecule has 2 heterocycles. The second-order valence-electron chi connectivity index (χ2n) is 6.19. The Morgan fingerprint density at radius 2 is 1.81 bits per heavy atom. The Morgan fingerprint density at radius 1 is 1.10 bits per heavy atom. The Balaban J connectivity index is 1.72. The van der Waals surface area contributed by atoms with Crippen molar-refractivity contribution in [1.29, 1.82) is 0 Å². The average molecular weight is 280 g/mol. The Morgan fingerprint density at radius 3 is 2.52 bits per heavy atom. The van der Waals surface area contributed by atoms with Gasteiger partial charge in [-0.25, -0.2) is 4.98 Å². The molecule has 1 N–H and O–H groups in total. The quantitative estimate of drug-likeness (QED) is 0.859. The zero-order chi connectivity index (χ0) is 14.2. The second-order valence-corrected chi connectivity index (χ2v) is 6.19. The summed E-state index contributed by atoms with van der Waals surface area (Å²) in [6.07, 6.45) is 6.99. The third-order valence-corrected chi connectivity index (χ3v) is 4.87. The van der Waals surface area contributed by atoms with Gasteiger partial charge in [0.2, 0.25) is 0 Å². The zero-order valence-corrected chi connectivity index (χ0v) is 12.1. The lowest BCUT2D eigenvalue weighted by molar-refractivity contribution is 0.282. The molecule has 0 radical (unpaired) electrons. The van der Waals surface area contributed by atoms with E-state index in [0.717, 1.165) is 47.2 Å². The number of nitrogens with zero attached hydrogens (tertiary/aromatic N) is 2. The van der Waals surface area contributed by atoms with Crippen LogP contribution in [0.4, 0.5) is 5.82 Å². The topological polar surface area (TPSA) is 36.4 Å². The minimum Gasteiger partial charge on any atom is -0.392 e. The molecule has 1 aromatic heterocycles. The first kappa shape index (κ1) is 12.8. The summed E-state index contributed by atoms with van der Waals surface area (Å²) < 4.78 is 0. The predicted molar refractivity (Wildman–Crippen MR) is 85.2 cm³/mol. The van der Waals surface area contributed by atoms with Crippen molar-refractivity contribution in [3.05, 3.63) is 48.0 Å². The van der Waals surface area contributed by atoms with E-state index in [9.17, 15) is 5.11 Å². The minimum atomic E-state index is 0.0528. The summed E-state index contributed by atoms with van der Waals surface area (Å²) in [6.45, 7) is 2.18. The fourth-order valence-electron chi connectivity index (χ4n) is 3.73. The van der Waals surface area contributed by atoms with Crippen molar-refractivity contribution in [3.8, 4) is 0 Å². The number of benzene rings is 1. The Kier molecular flexibility index (Phi) is 3.15. The first-order valence-corrected chi connectivity index (χ1v) is 7.74. The van der Waals surface area contributed by atoms with E-state index in [1.54, 1.807) is 0 Å². The zero-order valence-electron chi connectivity index (χ0n) is 12.1. The summed E-state index contributed by atoms with van der Waals surface area (Å²) in [4.78, 5) is 7.21. The molecule has 0 saturated carbocycles. The lowest BCUT2D eigenvalue weighted by Gasteiger charge is -2.21. The van der Waals surface area contributed by atoms with E-state index in [2.05, 4.69) is 29.2 Å². The van der Waals surface area contributed by atoms with Crippen LogP contribution >= 0.6 is 0 Å². The molecule has 3 heteroatoms. The van der Waals surface area contributed by atoms with Crippen molar-refractivity contribution in [3.63, 3.8) is 0 Å². The van der Waals surface area contributed by atoms with Crippen LogP contribution in [0, 0.1) is 11.8 Å². The maximum Gasteiger partial charge on any atom is 0.134 e. The van der Waals surface area contributed by atoms with Crippen molar-refractivity contribution in [2.75, 3.05) is 18.0 Å². The van der Waals surface area contributed by atoms with Crippen LogP contribution in [0.15, 0.2) is 42.5 Å². The summed E-state index contributed by atoms with van der Waals surface area (Å²) in [7, 11) is 0. The SMILES string of the molecule is OCc1cc2ccccc2nc1N1CC2CC=CCC2C1. The van der Waals surface area contributed by atoms with Gasteiger partial charge in [0.1, 0.15) is 5.82 Å². The van der Waals surface area contributed by atoms with Crippen LogP contribution in [-0.2, 0) is 6.61 Å². The summed E-state index contributed by atoms with van der Waals surface area (Å²) >= 11 is 0. The molecule has 1 aliphatic heterocycles. The standard InChI is InChI=1S/C18H20N2O/c21-12-16-9-13-5-3-4-8-17(13)19-18(16)20-10-14-6-1-2-7-15(14)11-20/h1-5,8-9,14-15,21H,6-7,10-12H2. The van der Waals surface area contributed by atoms with Gasteiger partial charge in [-0.15, -0.1) is 0 Å². The molecule has 0 bridgehead atoms. The van der Waals surface area contributed by atoms with Gasteiger partial charge in [-0.2, -0.15) is 0 Å². The Labute approximate surface area is 124 Å². The van der Waals surface area contributed by atoms with E-state index in [-0.39, 0.29) is 6.61 Å². The number of aliphatic hydroxyl groups excluding tert-OH is 1. The fourth-order valence-corrected chi connectivity index (χ4v) is 3.73. The number of allylic oxidation sites excluding steroid dienone is 2. The van der Waals surface area contributed by atoms with E-state index < -0.39 is 0 Å². The molecule has 2 aromatic rings. The third-order valence-electron chi connectivity index (χ3n) is 4.87.